The van der Waals surface area contributed by atoms with Crippen LogP contribution in [0.5, 0.6) is 0 Å². The first-order chi connectivity index (χ1) is 23.8. The lowest BCUT2D eigenvalue weighted by molar-refractivity contribution is -0.596. The number of pyridine rings is 1. The lowest BCUT2D eigenvalue weighted by Crippen LogP contribution is -2.31. The minimum Gasteiger partial charge on any atom is -0.167 e. The summed E-state index contributed by atoms with van der Waals surface area (Å²) < 4.78 is 2.39. The topological polar surface area (TPSA) is 3.88 Å². The second kappa shape index (κ2) is 32.6. The van der Waals surface area contributed by atoms with E-state index in [9.17, 15) is 0 Å². The van der Waals surface area contributed by atoms with Crippen LogP contribution in [0.4, 0.5) is 0 Å². The Kier molecular flexibility index (Phi) is 28.9. The third-order valence-corrected chi connectivity index (χ3v) is 10.7. The van der Waals surface area contributed by atoms with Crippen LogP contribution in [-0.2, 0) is 12.8 Å². The zero-order valence-corrected chi connectivity index (χ0v) is 32.6. The fourth-order valence-corrected chi connectivity index (χ4v) is 7.48. The molecule has 0 saturated heterocycles. The van der Waals surface area contributed by atoms with Crippen LogP contribution >= 0.6 is 0 Å². The summed E-state index contributed by atoms with van der Waals surface area (Å²) in [4.78, 5) is 0. The van der Waals surface area contributed by atoms with Crippen LogP contribution in [0.15, 0.2) is 48.8 Å². The highest BCUT2D eigenvalue weighted by Crippen LogP contribution is 2.17. The van der Waals surface area contributed by atoms with Crippen LogP contribution in [0.3, 0.4) is 0 Å². The minimum atomic E-state index is 1.22. The van der Waals surface area contributed by atoms with Crippen LogP contribution in [0.2, 0.25) is 0 Å². The van der Waals surface area contributed by atoms with Crippen molar-refractivity contribution in [3.63, 3.8) is 0 Å². The molecule has 0 amide bonds. The molecule has 1 heterocycles. The predicted molar refractivity (Wildman–Crippen MR) is 214 cm³/mol. The molecular weight excluding hydrogens is 579 g/mol. The highest BCUT2D eigenvalue weighted by molar-refractivity contribution is 5.24. The van der Waals surface area contributed by atoms with Gasteiger partial charge in [0.1, 0.15) is 0 Å². The molecule has 1 aromatic carbocycles. The summed E-state index contributed by atoms with van der Waals surface area (Å²) in [7, 11) is 0. The van der Waals surface area contributed by atoms with Crippen molar-refractivity contribution >= 4 is 0 Å². The molecule has 0 aliphatic carbocycles. The Hall–Kier alpha value is -1.63. The Morgan fingerprint density at radius 3 is 0.896 bits per heavy atom. The summed E-state index contributed by atoms with van der Waals surface area (Å²) in [5, 5.41) is 0. The quantitative estimate of drug-likeness (QED) is 0.0512. The third-order valence-electron chi connectivity index (χ3n) is 10.7. The standard InChI is InChI=1S/C47H82N/c1-3-5-7-9-11-13-15-17-19-21-23-25-27-29-31-34-38-45-42-46(44-48(43-45)47-40-36-33-37-41-47)39-35-32-30-28-26-24-22-20-18-16-14-12-10-8-6-4-2/h33,36-37,40-44H,3-32,34-35,38-39H2,1-2H3/q+1. The molecule has 48 heavy (non-hydrogen) atoms. The van der Waals surface area contributed by atoms with E-state index >= 15 is 0 Å². The van der Waals surface area contributed by atoms with Crippen molar-refractivity contribution < 1.29 is 4.57 Å². The Labute approximate surface area is 301 Å². The van der Waals surface area contributed by atoms with Gasteiger partial charge in [-0.25, -0.2) is 0 Å². The van der Waals surface area contributed by atoms with Crippen molar-refractivity contribution in [3.8, 4) is 5.69 Å². The van der Waals surface area contributed by atoms with E-state index < -0.39 is 0 Å². The molecule has 0 aliphatic heterocycles. The fourth-order valence-electron chi connectivity index (χ4n) is 7.48. The smallest absolute Gasteiger partial charge is 0.167 e. The maximum absolute atomic E-state index is 2.52. The number of hydrogen-bond acceptors (Lipinski definition) is 0. The molecule has 0 aliphatic rings. The van der Waals surface area contributed by atoms with E-state index in [4.69, 9.17) is 0 Å². The zero-order valence-electron chi connectivity index (χ0n) is 32.6. The first kappa shape index (κ1) is 42.5. The monoisotopic (exact) mass is 661 g/mol. The summed E-state index contributed by atoms with van der Waals surface area (Å²) in [5.41, 5.74) is 4.34. The molecule has 0 atom stereocenters. The second-order valence-electron chi connectivity index (χ2n) is 15.4. The van der Waals surface area contributed by atoms with Crippen LogP contribution in [0.25, 0.3) is 5.69 Å². The number of aromatic nitrogens is 1. The van der Waals surface area contributed by atoms with E-state index in [-0.39, 0.29) is 0 Å². The molecule has 274 valence electrons. The molecule has 1 aromatic heterocycles. The first-order valence-corrected chi connectivity index (χ1v) is 21.9. The number of hydrogen-bond donors (Lipinski definition) is 0. The molecule has 2 aromatic rings. The summed E-state index contributed by atoms with van der Waals surface area (Å²) in [5.74, 6) is 0. The van der Waals surface area contributed by atoms with E-state index in [2.05, 4.69) is 67.2 Å². The molecule has 2 rings (SSSR count). The normalized spacial score (nSPS) is 11.5. The average Bonchev–Trinajstić information content (AvgIpc) is 3.11. The van der Waals surface area contributed by atoms with Gasteiger partial charge in [-0.3, -0.25) is 0 Å². The molecule has 1 nitrogen and oxygen atoms in total. The molecule has 0 saturated carbocycles. The molecule has 0 bridgehead atoms. The van der Waals surface area contributed by atoms with E-state index in [1.165, 1.54) is 235 Å². The molecule has 0 unspecified atom stereocenters. The highest BCUT2D eigenvalue weighted by Gasteiger charge is 2.11. The van der Waals surface area contributed by atoms with Gasteiger partial charge in [-0.05, 0) is 31.7 Å². The van der Waals surface area contributed by atoms with Gasteiger partial charge in [-0.2, -0.15) is 4.57 Å². The Balaban J connectivity index is 1.53. The molecule has 0 fully saturated rings. The van der Waals surface area contributed by atoms with E-state index in [1.807, 2.05) is 0 Å². The minimum absolute atomic E-state index is 1.22. The van der Waals surface area contributed by atoms with Gasteiger partial charge in [0, 0.05) is 23.3 Å². The van der Waals surface area contributed by atoms with Crippen LogP contribution in [0.1, 0.15) is 230 Å². The van der Waals surface area contributed by atoms with E-state index in [0.29, 0.717) is 0 Å². The summed E-state index contributed by atoms with van der Waals surface area (Å²) in [6.07, 6.45) is 53.2. The van der Waals surface area contributed by atoms with Gasteiger partial charge in [-0.1, -0.05) is 225 Å². The Morgan fingerprint density at radius 2 is 0.604 bits per heavy atom. The van der Waals surface area contributed by atoms with Crippen molar-refractivity contribution in [1.29, 1.82) is 0 Å². The number of unbranched alkanes of at least 4 members (excludes halogenated alkanes) is 30. The first-order valence-electron chi connectivity index (χ1n) is 21.9. The summed E-state index contributed by atoms with van der Waals surface area (Å²) in [6.45, 7) is 4.62. The SMILES string of the molecule is CCCCCCCCCCCCCCCCCCc1cc(CCCCCCCCCCCCCCCCCC)c[n+](-c2ccccc2)c1. The molecular formula is C47H82N+. The van der Waals surface area contributed by atoms with Gasteiger partial charge in [0.2, 0.25) is 5.69 Å². The lowest BCUT2D eigenvalue weighted by atomic mass is 10.0. The third kappa shape index (κ3) is 24.5. The van der Waals surface area contributed by atoms with Crippen molar-refractivity contribution in [2.24, 2.45) is 0 Å². The number of benzene rings is 1. The van der Waals surface area contributed by atoms with Gasteiger partial charge in [0.15, 0.2) is 12.4 Å². The lowest BCUT2D eigenvalue weighted by Gasteiger charge is -2.07. The average molecular weight is 661 g/mol. The molecule has 0 N–H and O–H groups in total. The summed E-state index contributed by atoms with van der Waals surface area (Å²) in [6, 6.07) is 13.5. The number of rotatable bonds is 35. The van der Waals surface area contributed by atoms with Gasteiger partial charge in [0.25, 0.3) is 0 Å². The largest absolute Gasteiger partial charge is 0.210 e. The second-order valence-corrected chi connectivity index (χ2v) is 15.4. The Bertz CT molecular complexity index is 879. The zero-order chi connectivity index (χ0) is 34.0. The van der Waals surface area contributed by atoms with Gasteiger partial charge in [-0.15, -0.1) is 0 Å². The van der Waals surface area contributed by atoms with E-state index in [0.717, 1.165) is 0 Å². The van der Waals surface area contributed by atoms with Crippen LogP contribution < -0.4 is 4.57 Å². The number of aryl methyl sites for hydroxylation is 2. The van der Waals surface area contributed by atoms with Gasteiger partial charge >= 0.3 is 0 Å². The van der Waals surface area contributed by atoms with Crippen molar-refractivity contribution in [3.05, 3.63) is 59.9 Å². The van der Waals surface area contributed by atoms with Gasteiger partial charge < -0.3 is 0 Å². The number of para-hydroxylation sites is 1. The molecule has 1 heteroatoms. The van der Waals surface area contributed by atoms with Crippen LogP contribution in [-0.4, -0.2) is 0 Å². The van der Waals surface area contributed by atoms with Crippen molar-refractivity contribution in [2.75, 3.05) is 0 Å². The Morgan fingerprint density at radius 1 is 0.333 bits per heavy atom. The maximum Gasteiger partial charge on any atom is 0.210 e. The van der Waals surface area contributed by atoms with Gasteiger partial charge in [0.05, 0.1) is 0 Å². The molecule has 0 radical (unpaired) electrons. The maximum atomic E-state index is 2.52. The fraction of sp³-hybridized carbons (Fsp3) is 0.766. The van der Waals surface area contributed by atoms with Crippen molar-refractivity contribution in [1.82, 2.24) is 0 Å². The predicted octanol–water partition coefficient (Wildman–Crippen LogP) is 15.6. The summed E-state index contributed by atoms with van der Waals surface area (Å²) >= 11 is 0. The molecule has 0 spiro atoms. The highest BCUT2D eigenvalue weighted by atomic mass is 14.9. The van der Waals surface area contributed by atoms with Crippen LogP contribution in [0, 0.1) is 0 Å². The number of nitrogens with zero attached hydrogens (tertiary/aromatic N) is 1. The van der Waals surface area contributed by atoms with E-state index in [1.54, 1.807) is 0 Å². The van der Waals surface area contributed by atoms with Crippen molar-refractivity contribution in [2.45, 2.75) is 232 Å².